The van der Waals surface area contributed by atoms with Gasteiger partial charge in [-0.3, -0.25) is 9.59 Å². The normalized spacial score (nSPS) is 11.8. The molecule has 0 aliphatic rings. The highest BCUT2D eigenvalue weighted by molar-refractivity contribution is 6.00. The molecule has 0 radical (unpaired) electrons. The zero-order valence-electron chi connectivity index (χ0n) is 16.0. The first-order chi connectivity index (χ1) is 13.5. The van der Waals surface area contributed by atoms with Crippen molar-refractivity contribution in [2.75, 3.05) is 5.32 Å². The lowest BCUT2D eigenvalue weighted by molar-refractivity contribution is -0.118. The van der Waals surface area contributed by atoms with Crippen LogP contribution in [0.1, 0.15) is 41.4 Å². The lowest BCUT2D eigenvalue weighted by atomic mass is 10.0. The second-order valence-electron chi connectivity index (χ2n) is 6.96. The van der Waals surface area contributed by atoms with Crippen molar-refractivity contribution < 1.29 is 14.0 Å². The Kier molecular flexibility index (Phi) is 6.27. The van der Waals surface area contributed by atoms with Crippen molar-refractivity contribution >= 4 is 17.5 Å². The molecule has 0 aliphatic heterocycles. The molecule has 3 aromatic rings. The van der Waals surface area contributed by atoms with Crippen molar-refractivity contribution in [1.29, 1.82) is 0 Å². The van der Waals surface area contributed by atoms with Crippen molar-refractivity contribution in [1.82, 2.24) is 5.32 Å². The van der Waals surface area contributed by atoms with Gasteiger partial charge in [0.2, 0.25) is 5.91 Å². The van der Waals surface area contributed by atoms with Gasteiger partial charge in [-0.1, -0.05) is 56.3 Å². The Labute approximate surface area is 164 Å². The number of rotatable bonds is 7. The van der Waals surface area contributed by atoms with Crippen molar-refractivity contribution in [3.8, 4) is 0 Å². The predicted octanol–water partition coefficient (Wildman–Crippen LogP) is 4.38. The van der Waals surface area contributed by atoms with Crippen LogP contribution in [0.3, 0.4) is 0 Å². The molecule has 2 amide bonds. The van der Waals surface area contributed by atoms with E-state index < -0.39 is 11.9 Å². The Morgan fingerprint density at radius 2 is 1.75 bits per heavy atom. The fraction of sp³-hybridized carbons (Fsp3) is 0.217. The third-order valence-electron chi connectivity index (χ3n) is 4.47. The molecule has 1 heterocycles. The molecular weight excluding hydrogens is 352 g/mol. The van der Waals surface area contributed by atoms with E-state index in [2.05, 4.69) is 24.5 Å². The Bertz CT molecular complexity index is 918. The summed E-state index contributed by atoms with van der Waals surface area (Å²) in [7, 11) is 0. The Morgan fingerprint density at radius 1 is 0.964 bits per heavy atom. The summed E-state index contributed by atoms with van der Waals surface area (Å²) in [5, 5.41) is 5.70. The Balaban J connectivity index is 1.77. The summed E-state index contributed by atoms with van der Waals surface area (Å²) in [4.78, 5) is 25.4. The number of amides is 2. The van der Waals surface area contributed by atoms with Crippen LogP contribution < -0.4 is 10.6 Å². The van der Waals surface area contributed by atoms with Crippen LogP contribution in [0.2, 0.25) is 0 Å². The van der Waals surface area contributed by atoms with Gasteiger partial charge in [0.1, 0.15) is 6.04 Å². The molecule has 2 aromatic carbocycles. The number of anilines is 1. The highest BCUT2D eigenvalue weighted by Crippen LogP contribution is 2.19. The van der Waals surface area contributed by atoms with Crippen LogP contribution in [0.25, 0.3) is 0 Å². The number of hydrogen-bond donors (Lipinski definition) is 2. The van der Waals surface area contributed by atoms with E-state index in [1.165, 1.54) is 6.26 Å². The van der Waals surface area contributed by atoms with Crippen LogP contribution in [-0.2, 0) is 11.2 Å². The van der Waals surface area contributed by atoms with E-state index in [-0.39, 0.29) is 11.7 Å². The summed E-state index contributed by atoms with van der Waals surface area (Å²) >= 11 is 0. The average Bonchev–Trinajstić information content (AvgIpc) is 3.23. The Hall–Kier alpha value is -3.34. The maximum Gasteiger partial charge on any atom is 0.287 e. The third kappa shape index (κ3) is 5.10. The van der Waals surface area contributed by atoms with Crippen LogP contribution in [0.15, 0.2) is 77.4 Å². The molecule has 0 saturated carbocycles. The maximum absolute atomic E-state index is 12.9. The molecule has 1 unspecified atom stereocenters. The van der Waals surface area contributed by atoms with E-state index in [1.807, 2.05) is 54.6 Å². The molecule has 5 nitrogen and oxygen atoms in total. The van der Waals surface area contributed by atoms with Gasteiger partial charge in [0.25, 0.3) is 5.91 Å². The highest BCUT2D eigenvalue weighted by Gasteiger charge is 2.23. The molecule has 1 atom stereocenters. The number of benzene rings is 2. The molecular formula is C23H24N2O3. The summed E-state index contributed by atoms with van der Waals surface area (Å²) in [5.74, 6) is -0.162. The molecule has 0 fully saturated rings. The van der Waals surface area contributed by atoms with Crippen molar-refractivity contribution in [2.45, 2.75) is 32.2 Å². The first kappa shape index (κ1) is 19.4. The van der Waals surface area contributed by atoms with Crippen LogP contribution >= 0.6 is 0 Å². The van der Waals surface area contributed by atoms with E-state index in [9.17, 15) is 9.59 Å². The van der Waals surface area contributed by atoms with Gasteiger partial charge in [-0.25, -0.2) is 0 Å². The maximum atomic E-state index is 12.9. The molecule has 0 spiro atoms. The van der Waals surface area contributed by atoms with E-state index in [1.54, 1.807) is 12.1 Å². The average molecular weight is 376 g/mol. The summed E-state index contributed by atoms with van der Waals surface area (Å²) < 4.78 is 5.14. The van der Waals surface area contributed by atoms with E-state index in [0.717, 1.165) is 11.1 Å². The van der Waals surface area contributed by atoms with Crippen molar-refractivity contribution in [2.24, 2.45) is 0 Å². The van der Waals surface area contributed by atoms with Crippen LogP contribution in [0.5, 0.6) is 0 Å². The van der Waals surface area contributed by atoms with Gasteiger partial charge in [0.15, 0.2) is 5.76 Å². The van der Waals surface area contributed by atoms with E-state index >= 15 is 0 Å². The van der Waals surface area contributed by atoms with Gasteiger partial charge in [-0.05, 0) is 41.3 Å². The topological polar surface area (TPSA) is 71.3 Å². The third-order valence-corrected chi connectivity index (χ3v) is 4.47. The van der Waals surface area contributed by atoms with Gasteiger partial charge in [-0.2, -0.15) is 0 Å². The van der Waals surface area contributed by atoms with Gasteiger partial charge in [0.05, 0.1) is 6.26 Å². The number of hydrogen-bond acceptors (Lipinski definition) is 3. The minimum atomic E-state index is -0.734. The fourth-order valence-electron chi connectivity index (χ4n) is 2.90. The SMILES string of the molecule is CC(C)c1cccc(NC(=O)C(Cc2ccccc2)NC(=O)c2ccco2)c1. The molecule has 144 valence electrons. The predicted molar refractivity (Wildman–Crippen MR) is 109 cm³/mol. The minimum absolute atomic E-state index is 0.174. The molecule has 0 aliphatic carbocycles. The van der Waals surface area contributed by atoms with Crippen LogP contribution in [0, 0.1) is 0 Å². The fourth-order valence-corrected chi connectivity index (χ4v) is 2.90. The van der Waals surface area contributed by atoms with Crippen molar-refractivity contribution in [3.63, 3.8) is 0 Å². The quantitative estimate of drug-likeness (QED) is 0.643. The lowest BCUT2D eigenvalue weighted by Crippen LogP contribution is -2.45. The smallest absolute Gasteiger partial charge is 0.287 e. The summed E-state index contributed by atoms with van der Waals surface area (Å²) in [6, 6.07) is 19.8. The zero-order chi connectivity index (χ0) is 19.9. The molecule has 28 heavy (non-hydrogen) atoms. The molecule has 0 saturated heterocycles. The monoisotopic (exact) mass is 376 g/mol. The largest absolute Gasteiger partial charge is 0.459 e. The standard InChI is InChI=1S/C23H24N2O3/c1-16(2)18-10-6-11-19(15-18)24-22(26)20(14-17-8-4-3-5-9-17)25-23(27)21-12-7-13-28-21/h3-13,15-16,20H,14H2,1-2H3,(H,24,26)(H,25,27). The molecule has 0 bridgehead atoms. The van der Waals surface area contributed by atoms with E-state index in [4.69, 9.17) is 4.42 Å². The van der Waals surface area contributed by atoms with Crippen LogP contribution in [-0.4, -0.2) is 17.9 Å². The Morgan fingerprint density at radius 3 is 2.43 bits per heavy atom. The van der Waals surface area contributed by atoms with Gasteiger partial charge < -0.3 is 15.1 Å². The number of furan rings is 1. The van der Waals surface area contributed by atoms with E-state index in [0.29, 0.717) is 18.0 Å². The van der Waals surface area contributed by atoms with Gasteiger partial charge in [0, 0.05) is 12.1 Å². The lowest BCUT2D eigenvalue weighted by Gasteiger charge is -2.19. The number of nitrogens with one attached hydrogen (secondary N) is 2. The molecule has 2 N–H and O–H groups in total. The zero-order valence-corrected chi connectivity index (χ0v) is 16.0. The van der Waals surface area contributed by atoms with Crippen molar-refractivity contribution in [3.05, 3.63) is 89.9 Å². The number of carbonyl (C=O) groups excluding carboxylic acids is 2. The van der Waals surface area contributed by atoms with Gasteiger partial charge >= 0.3 is 0 Å². The first-order valence-electron chi connectivity index (χ1n) is 9.32. The summed E-state index contributed by atoms with van der Waals surface area (Å²) in [6.45, 7) is 4.20. The summed E-state index contributed by atoms with van der Waals surface area (Å²) in [5.41, 5.74) is 2.80. The van der Waals surface area contributed by atoms with Gasteiger partial charge in [-0.15, -0.1) is 0 Å². The minimum Gasteiger partial charge on any atom is -0.459 e. The highest BCUT2D eigenvalue weighted by atomic mass is 16.3. The first-order valence-corrected chi connectivity index (χ1v) is 9.32. The second kappa shape index (κ2) is 9.04. The summed E-state index contributed by atoms with van der Waals surface area (Å²) in [6.07, 6.45) is 1.81. The van der Waals surface area contributed by atoms with Crippen LogP contribution in [0.4, 0.5) is 5.69 Å². The molecule has 5 heteroatoms. The number of carbonyl (C=O) groups is 2. The molecule has 1 aromatic heterocycles. The second-order valence-corrected chi connectivity index (χ2v) is 6.96. The molecule has 3 rings (SSSR count).